The average molecular weight is 238 g/mol. The van der Waals surface area contributed by atoms with Gasteiger partial charge >= 0.3 is 0 Å². The van der Waals surface area contributed by atoms with Crippen molar-refractivity contribution >= 4 is 0 Å². The van der Waals surface area contributed by atoms with Crippen molar-refractivity contribution in [1.82, 2.24) is 0 Å². The maximum absolute atomic E-state index is 8.43. The quantitative estimate of drug-likeness (QED) is 0.715. The Labute approximate surface area is 105 Å². The summed E-state index contributed by atoms with van der Waals surface area (Å²) in [7, 11) is 0. The van der Waals surface area contributed by atoms with Crippen molar-refractivity contribution in [2.45, 2.75) is 45.4 Å². The summed E-state index contributed by atoms with van der Waals surface area (Å²) < 4.78 is 0. The first-order chi connectivity index (χ1) is 8.31. The molecule has 0 fully saturated rings. The monoisotopic (exact) mass is 238 g/mol. The smallest absolute Gasteiger partial charge is 0.0431 e. The van der Waals surface area contributed by atoms with Gasteiger partial charge in [-0.1, -0.05) is 61.6 Å². The topological polar surface area (TPSA) is 40.5 Å². The molecule has 1 aromatic carbocycles. The van der Waals surface area contributed by atoms with Crippen LogP contribution in [-0.4, -0.2) is 23.4 Å². The zero-order valence-corrected chi connectivity index (χ0v) is 10.9. The zero-order valence-electron chi connectivity index (χ0n) is 10.9. The molecule has 0 bridgehead atoms. The number of unbranched alkanes of at least 4 members (excludes halogenated alkanes) is 5. The minimum absolute atomic E-state index is 0.319. The molecule has 0 saturated carbocycles. The summed E-state index contributed by atoms with van der Waals surface area (Å²) in [5, 5.41) is 16.9. The van der Waals surface area contributed by atoms with Crippen LogP contribution in [0.5, 0.6) is 0 Å². The van der Waals surface area contributed by atoms with E-state index >= 15 is 0 Å². The van der Waals surface area contributed by atoms with E-state index in [1.165, 1.54) is 18.4 Å². The minimum Gasteiger partial charge on any atom is -0.396 e. The fourth-order valence-electron chi connectivity index (χ4n) is 1.47. The summed E-state index contributed by atoms with van der Waals surface area (Å²) >= 11 is 0. The van der Waals surface area contributed by atoms with E-state index < -0.39 is 0 Å². The lowest BCUT2D eigenvalue weighted by Crippen LogP contribution is -1.85. The Morgan fingerprint density at radius 2 is 1.12 bits per heavy atom. The van der Waals surface area contributed by atoms with Gasteiger partial charge < -0.3 is 10.2 Å². The molecule has 0 aromatic heterocycles. The summed E-state index contributed by atoms with van der Waals surface area (Å²) in [6.45, 7) is 2.72. The van der Waals surface area contributed by atoms with Crippen LogP contribution in [0.1, 0.15) is 44.1 Å². The molecule has 0 aliphatic rings. The van der Waals surface area contributed by atoms with Crippen molar-refractivity contribution in [3.05, 3.63) is 35.9 Å². The van der Waals surface area contributed by atoms with Gasteiger partial charge in [-0.2, -0.15) is 0 Å². The summed E-state index contributed by atoms with van der Waals surface area (Å²) in [6.07, 6.45) is 6.50. The third kappa shape index (κ3) is 13.1. The van der Waals surface area contributed by atoms with Crippen LogP contribution in [0.25, 0.3) is 0 Å². The number of aliphatic hydroxyl groups is 2. The van der Waals surface area contributed by atoms with Gasteiger partial charge in [0.1, 0.15) is 0 Å². The van der Waals surface area contributed by atoms with Gasteiger partial charge in [-0.3, -0.25) is 0 Å². The van der Waals surface area contributed by atoms with Gasteiger partial charge in [-0.05, 0) is 19.8 Å². The molecule has 1 rings (SSSR count). The van der Waals surface area contributed by atoms with E-state index in [1.807, 2.05) is 18.2 Å². The molecule has 17 heavy (non-hydrogen) atoms. The molecular formula is C15H26O2. The second kappa shape index (κ2) is 13.2. The molecule has 2 N–H and O–H groups in total. The molecule has 0 spiro atoms. The summed E-state index contributed by atoms with van der Waals surface area (Å²) in [5.41, 5.74) is 1.32. The Hall–Kier alpha value is -0.860. The van der Waals surface area contributed by atoms with Crippen molar-refractivity contribution in [2.24, 2.45) is 0 Å². The fraction of sp³-hybridized carbons (Fsp3) is 0.600. The molecule has 2 nitrogen and oxygen atoms in total. The number of benzene rings is 1. The fourth-order valence-corrected chi connectivity index (χ4v) is 1.47. The predicted octanol–water partition coefficient (Wildman–Crippen LogP) is 3.31. The Kier molecular flexibility index (Phi) is 12.5. The van der Waals surface area contributed by atoms with E-state index in [0.717, 1.165) is 25.7 Å². The highest BCUT2D eigenvalue weighted by atomic mass is 16.3. The van der Waals surface area contributed by atoms with Gasteiger partial charge in [-0.25, -0.2) is 0 Å². The van der Waals surface area contributed by atoms with E-state index in [0.29, 0.717) is 13.2 Å². The molecule has 0 radical (unpaired) electrons. The molecule has 0 aliphatic carbocycles. The Balaban J connectivity index is 0.000000318. The van der Waals surface area contributed by atoms with Gasteiger partial charge in [0.05, 0.1) is 0 Å². The molecular weight excluding hydrogens is 212 g/mol. The van der Waals surface area contributed by atoms with Crippen LogP contribution in [0.15, 0.2) is 30.3 Å². The molecule has 0 aliphatic heterocycles. The van der Waals surface area contributed by atoms with Crippen LogP contribution in [0.3, 0.4) is 0 Å². The van der Waals surface area contributed by atoms with E-state index in [1.54, 1.807) is 0 Å². The van der Waals surface area contributed by atoms with Crippen LogP contribution in [0.2, 0.25) is 0 Å². The molecule has 0 unspecified atom stereocenters. The maximum Gasteiger partial charge on any atom is 0.0431 e. The molecule has 1 aromatic rings. The number of rotatable bonds is 7. The Bertz CT molecular complexity index is 226. The first kappa shape index (κ1) is 16.1. The number of aryl methyl sites for hydroxylation is 1. The van der Waals surface area contributed by atoms with E-state index in [9.17, 15) is 0 Å². The summed E-state index contributed by atoms with van der Waals surface area (Å²) in [4.78, 5) is 0. The van der Waals surface area contributed by atoms with E-state index in [2.05, 4.69) is 19.1 Å². The third-order valence-corrected chi connectivity index (χ3v) is 2.51. The third-order valence-electron chi connectivity index (χ3n) is 2.51. The highest BCUT2D eigenvalue weighted by molar-refractivity contribution is 5.11. The van der Waals surface area contributed by atoms with Crippen LogP contribution >= 0.6 is 0 Å². The average Bonchev–Trinajstić information content (AvgIpc) is 2.35. The van der Waals surface area contributed by atoms with Crippen molar-refractivity contribution in [1.29, 1.82) is 0 Å². The van der Waals surface area contributed by atoms with Crippen molar-refractivity contribution in [3.8, 4) is 0 Å². The SMILES string of the molecule is Cc1ccccc1.OCCCCCCCCO. The van der Waals surface area contributed by atoms with Crippen molar-refractivity contribution in [3.63, 3.8) is 0 Å². The first-order valence-corrected chi connectivity index (χ1v) is 6.54. The molecule has 0 atom stereocenters. The summed E-state index contributed by atoms with van der Waals surface area (Å²) in [6, 6.07) is 10.3. The highest BCUT2D eigenvalue weighted by Crippen LogP contribution is 2.03. The van der Waals surface area contributed by atoms with Crippen LogP contribution < -0.4 is 0 Å². The first-order valence-electron chi connectivity index (χ1n) is 6.54. The van der Waals surface area contributed by atoms with Gasteiger partial charge in [-0.15, -0.1) is 0 Å². The standard InChI is InChI=1S/C8H18O2.C7H8/c9-7-5-3-1-2-4-6-8-10;1-7-5-3-2-4-6-7/h9-10H,1-8H2;2-6H,1H3. The van der Waals surface area contributed by atoms with Crippen LogP contribution in [-0.2, 0) is 0 Å². The second-order valence-electron chi connectivity index (χ2n) is 4.22. The lowest BCUT2D eigenvalue weighted by atomic mass is 10.1. The van der Waals surface area contributed by atoms with Gasteiger partial charge in [0.25, 0.3) is 0 Å². The van der Waals surface area contributed by atoms with Crippen molar-refractivity contribution in [2.75, 3.05) is 13.2 Å². The number of aliphatic hydroxyl groups excluding tert-OH is 2. The van der Waals surface area contributed by atoms with Crippen LogP contribution in [0.4, 0.5) is 0 Å². The lowest BCUT2D eigenvalue weighted by Gasteiger charge is -1.97. The van der Waals surface area contributed by atoms with Gasteiger partial charge in [0.2, 0.25) is 0 Å². The summed E-state index contributed by atoms with van der Waals surface area (Å²) in [5.74, 6) is 0. The Morgan fingerprint density at radius 1 is 0.706 bits per heavy atom. The highest BCUT2D eigenvalue weighted by Gasteiger charge is 1.88. The molecule has 0 amide bonds. The normalized spacial score (nSPS) is 9.59. The van der Waals surface area contributed by atoms with Crippen LogP contribution in [0, 0.1) is 6.92 Å². The lowest BCUT2D eigenvalue weighted by molar-refractivity contribution is 0.275. The predicted molar refractivity (Wildman–Crippen MR) is 73.1 cm³/mol. The molecule has 0 heterocycles. The largest absolute Gasteiger partial charge is 0.396 e. The van der Waals surface area contributed by atoms with E-state index in [-0.39, 0.29) is 0 Å². The number of hydrogen-bond donors (Lipinski definition) is 2. The second-order valence-corrected chi connectivity index (χ2v) is 4.22. The van der Waals surface area contributed by atoms with Gasteiger partial charge in [0, 0.05) is 13.2 Å². The number of hydrogen-bond acceptors (Lipinski definition) is 2. The molecule has 2 heteroatoms. The molecule has 0 saturated heterocycles. The molecule has 98 valence electrons. The Morgan fingerprint density at radius 3 is 1.41 bits per heavy atom. The van der Waals surface area contributed by atoms with E-state index in [4.69, 9.17) is 10.2 Å². The van der Waals surface area contributed by atoms with Crippen molar-refractivity contribution < 1.29 is 10.2 Å². The van der Waals surface area contributed by atoms with Gasteiger partial charge in [0.15, 0.2) is 0 Å². The zero-order chi connectivity index (χ0) is 12.8. The minimum atomic E-state index is 0.319. The maximum atomic E-state index is 8.43.